The minimum atomic E-state index is -3.24. The van der Waals surface area contributed by atoms with Gasteiger partial charge in [0.15, 0.2) is 0 Å². The maximum absolute atomic E-state index is 13.2. The van der Waals surface area contributed by atoms with Crippen LogP contribution in [0.3, 0.4) is 0 Å². The first-order valence-corrected chi connectivity index (χ1v) is 11.1. The molecule has 9 nitrogen and oxygen atoms in total. The summed E-state index contributed by atoms with van der Waals surface area (Å²) in [5.41, 5.74) is 0.468. The fourth-order valence-electron chi connectivity index (χ4n) is 2.39. The Labute approximate surface area is 173 Å². The molecule has 0 saturated carbocycles. The molecule has 1 aromatic rings. The van der Waals surface area contributed by atoms with Crippen LogP contribution < -0.4 is 0 Å². The molecule has 1 aliphatic rings. The largest absolute Gasteiger partial charge is 0.434 e. The lowest BCUT2D eigenvalue weighted by Crippen LogP contribution is -2.24. The van der Waals surface area contributed by atoms with Gasteiger partial charge in [0.05, 0.1) is 7.05 Å². The lowest BCUT2D eigenvalue weighted by molar-refractivity contribution is -0.396. The molecule has 2 heterocycles. The molecule has 14 heteroatoms. The van der Waals surface area contributed by atoms with Gasteiger partial charge in [-0.1, -0.05) is 12.4 Å². The molecule has 1 aliphatic heterocycles. The monoisotopic (exact) mass is 465 g/mol. The Morgan fingerprint density at radius 3 is 2.19 bits per heavy atom. The fourth-order valence-corrected chi connectivity index (χ4v) is 5.40. The number of nitrogens with zero attached hydrogens (tertiary/aromatic N) is 5. The van der Waals surface area contributed by atoms with E-state index in [2.05, 4.69) is 27.4 Å². The Kier molecular flexibility index (Phi) is 12.1. The van der Waals surface area contributed by atoms with E-state index in [0.29, 0.717) is 43.6 Å². The molecule has 0 aliphatic carbocycles. The summed E-state index contributed by atoms with van der Waals surface area (Å²) in [5.74, 6) is 0.377. The summed E-state index contributed by atoms with van der Waals surface area (Å²) in [7, 11) is -1.72. The lowest BCUT2D eigenvalue weighted by atomic mass is 10.5. The van der Waals surface area contributed by atoms with Crippen LogP contribution in [0.2, 0.25) is 0 Å². The molecular formula is C12H22Cl2N5O4PS2. The van der Waals surface area contributed by atoms with Crippen LogP contribution in [0.15, 0.2) is 6.20 Å². The average Bonchev–Trinajstić information content (AvgIpc) is 3.11. The number of imidazole rings is 1. The molecule has 1 saturated heterocycles. The number of rotatable bonds is 8. The first-order chi connectivity index (χ1) is 11.9. The lowest BCUT2D eigenvalue weighted by Gasteiger charge is -2.28. The number of alkyl halides is 2. The number of aromatic nitrogens is 2. The van der Waals surface area contributed by atoms with E-state index in [-0.39, 0.29) is 20.0 Å². The van der Waals surface area contributed by atoms with E-state index >= 15 is 0 Å². The molecule has 0 spiro atoms. The van der Waals surface area contributed by atoms with E-state index in [1.54, 1.807) is 9.34 Å². The maximum Gasteiger partial charge on any atom is 0.434 e. The third kappa shape index (κ3) is 5.87. The number of hydrogen-bond donors (Lipinski definition) is 0. The summed E-state index contributed by atoms with van der Waals surface area (Å²) < 4.78 is 23.6. The average molecular weight is 466 g/mol. The predicted octanol–water partition coefficient (Wildman–Crippen LogP) is 2.68. The molecule has 0 amide bonds. The van der Waals surface area contributed by atoms with E-state index in [4.69, 9.17) is 27.7 Å². The van der Waals surface area contributed by atoms with Gasteiger partial charge in [-0.25, -0.2) is 13.9 Å². The molecule has 1 aromatic heterocycles. The van der Waals surface area contributed by atoms with Crippen molar-refractivity contribution in [1.29, 1.82) is 0 Å². The molecule has 150 valence electrons. The van der Waals surface area contributed by atoms with Crippen molar-refractivity contribution < 1.29 is 14.0 Å². The molecule has 0 radical (unpaired) electrons. The van der Waals surface area contributed by atoms with Crippen LogP contribution in [-0.4, -0.2) is 61.8 Å². The van der Waals surface area contributed by atoms with Crippen LogP contribution >= 0.6 is 30.9 Å². The Morgan fingerprint density at radius 1 is 1.31 bits per heavy atom. The zero-order chi connectivity index (χ0) is 19.0. The van der Waals surface area contributed by atoms with Gasteiger partial charge in [0.25, 0.3) is 0 Å². The van der Waals surface area contributed by atoms with Crippen LogP contribution in [0.4, 0.5) is 5.95 Å². The molecule has 0 unspecified atom stereocenters. The van der Waals surface area contributed by atoms with E-state index in [9.17, 15) is 14.7 Å². The van der Waals surface area contributed by atoms with Crippen LogP contribution in [-0.2, 0) is 45.1 Å². The summed E-state index contributed by atoms with van der Waals surface area (Å²) in [4.78, 5) is 14.0. The van der Waals surface area contributed by atoms with Crippen molar-refractivity contribution in [1.82, 2.24) is 18.9 Å². The van der Waals surface area contributed by atoms with Gasteiger partial charge in [-0.15, -0.1) is 23.2 Å². The van der Waals surface area contributed by atoms with Crippen molar-refractivity contribution in [3.05, 3.63) is 22.0 Å². The van der Waals surface area contributed by atoms with Crippen LogP contribution in [0.25, 0.3) is 0 Å². The summed E-state index contributed by atoms with van der Waals surface area (Å²) in [5, 5.41) is 10.8. The molecule has 1 fully saturated rings. The third-order valence-electron chi connectivity index (χ3n) is 3.62. The SMILES string of the molecule is C.Cn1c(COP2(=O)N(CCCl)CCN2CCCl)cnc1[N+](=O)[O-].S=S. The van der Waals surface area contributed by atoms with E-state index in [1.165, 1.54) is 17.8 Å². The first-order valence-electron chi connectivity index (χ1n) is 7.13. The van der Waals surface area contributed by atoms with Crippen molar-refractivity contribution in [2.75, 3.05) is 37.9 Å². The van der Waals surface area contributed by atoms with Gasteiger partial charge in [0.2, 0.25) is 0 Å². The summed E-state index contributed by atoms with van der Waals surface area (Å²) in [6.45, 7) is 1.97. The van der Waals surface area contributed by atoms with Gasteiger partial charge in [-0.2, -0.15) is 0 Å². The maximum atomic E-state index is 13.2. The minimum Gasteiger partial charge on any atom is -0.390 e. The minimum absolute atomic E-state index is 0. The summed E-state index contributed by atoms with van der Waals surface area (Å²) in [6.07, 6.45) is 1.35. The zero-order valence-corrected chi connectivity index (χ0v) is 17.5. The second-order valence-corrected chi connectivity index (χ2v) is 8.04. The smallest absolute Gasteiger partial charge is 0.390 e. The van der Waals surface area contributed by atoms with Gasteiger partial charge in [-0.05, 0) is 4.92 Å². The van der Waals surface area contributed by atoms with E-state index in [0.717, 1.165) is 0 Å². The van der Waals surface area contributed by atoms with Gasteiger partial charge < -0.3 is 10.1 Å². The molecule has 2 rings (SSSR count). The number of hydrogen-bond acceptors (Lipinski definition) is 7. The van der Waals surface area contributed by atoms with Crippen molar-refractivity contribution in [3.63, 3.8) is 0 Å². The highest BCUT2D eigenvalue weighted by atomic mass is 35.5. The van der Waals surface area contributed by atoms with E-state index in [1.807, 2.05) is 0 Å². The van der Waals surface area contributed by atoms with Crippen molar-refractivity contribution >= 4 is 59.2 Å². The Hall–Kier alpha value is -0.260. The Morgan fingerprint density at radius 2 is 1.81 bits per heavy atom. The van der Waals surface area contributed by atoms with Crippen LogP contribution in [0.1, 0.15) is 13.1 Å². The van der Waals surface area contributed by atoms with Crippen molar-refractivity contribution in [2.24, 2.45) is 7.05 Å². The van der Waals surface area contributed by atoms with Gasteiger partial charge in [-0.3, -0.25) is 9.09 Å². The molecule has 26 heavy (non-hydrogen) atoms. The molecule has 0 N–H and O–H groups in total. The second-order valence-electron chi connectivity index (χ2n) is 4.91. The van der Waals surface area contributed by atoms with Crippen molar-refractivity contribution in [3.8, 4) is 0 Å². The molecule has 0 bridgehead atoms. The highest BCUT2D eigenvalue weighted by Crippen LogP contribution is 2.58. The zero-order valence-electron chi connectivity index (χ0n) is 13.4. The first kappa shape index (κ1) is 25.7. The predicted molar refractivity (Wildman–Crippen MR) is 108 cm³/mol. The quantitative estimate of drug-likeness (QED) is 0.248. The Bertz CT molecular complexity index is 621. The van der Waals surface area contributed by atoms with Crippen molar-refractivity contribution in [2.45, 2.75) is 14.0 Å². The second kappa shape index (κ2) is 12.2. The van der Waals surface area contributed by atoms with Crippen LogP contribution in [0, 0.1) is 10.1 Å². The number of nitro groups is 1. The summed E-state index contributed by atoms with van der Waals surface area (Å²) in [6, 6.07) is 0. The summed E-state index contributed by atoms with van der Waals surface area (Å²) >= 11 is 18.9. The topological polar surface area (TPSA) is 93.7 Å². The standard InChI is InChI=1S/C11H18Cl2N5O4P.CH4.S2/c1-15-10(8-14-11(15)18(19)20)9-22-23(21)16(4-2-12)6-7-17(23)5-3-13;;1-2/h8H,2-7,9H2,1H3;1H4;. The van der Waals surface area contributed by atoms with Gasteiger partial charge in [0, 0.05) is 60.3 Å². The van der Waals surface area contributed by atoms with E-state index < -0.39 is 12.6 Å². The Balaban J connectivity index is 0.00000201. The van der Waals surface area contributed by atoms with Gasteiger partial charge in [0.1, 0.15) is 18.5 Å². The molecule has 0 atom stereocenters. The number of halogens is 2. The van der Waals surface area contributed by atoms with Crippen LogP contribution in [0.5, 0.6) is 0 Å². The van der Waals surface area contributed by atoms with Gasteiger partial charge >= 0.3 is 13.6 Å². The third-order valence-corrected chi connectivity index (χ3v) is 6.65. The molecule has 0 aromatic carbocycles. The molecular weight excluding hydrogens is 444 g/mol. The highest BCUT2D eigenvalue weighted by molar-refractivity contribution is 8.07. The normalized spacial score (nSPS) is 16.6. The fraction of sp³-hybridized carbons (Fsp3) is 0.750. The highest BCUT2D eigenvalue weighted by Gasteiger charge is 2.44.